The molecule has 70 valence electrons. The Morgan fingerprint density at radius 3 is 2.85 bits per heavy atom. The third-order valence-corrected chi connectivity index (χ3v) is 1.73. The van der Waals surface area contributed by atoms with Gasteiger partial charge in [0.05, 0.1) is 0 Å². The van der Waals surface area contributed by atoms with Crippen LogP contribution in [0.5, 0.6) is 0 Å². The number of aromatic amines is 1. The first-order chi connectivity index (χ1) is 5.42. The Labute approximate surface area is 104 Å². The van der Waals surface area contributed by atoms with E-state index >= 15 is 0 Å². The molecule has 2 rings (SSSR count). The van der Waals surface area contributed by atoms with Gasteiger partial charge in [0, 0.05) is 58.6 Å². The zero-order chi connectivity index (χ0) is 7.68. The Balaban J connectivity index is 0.000000720. The average molecular weight is 519 g/mol. The fourth-order valence-electron chi connectivity index (χ4n) is 1.16. The summed E-state index contributed by atoms with van der Waals surface area (Å²) < 4.78 is 0. The van der Waals surface area contributed by atoms with Crippen molar-refractivity contribution in [3.8, 4) is 0 Å². The predicted octanol–water partition coefficient (Wildman–Crippen LogP) is 2.11. The molecule has 2 aromatic heterocycles. The second-order valence-electron chi connectivity index (χ2n) is 2.39. The number of pyridine rings is 1. The van der Waals surface area contributed by atoms with Gasteiger partial charge in [0.2, 0.25) is 0 Å². The molecule has 0 aliphatic heterocycles. The molecule has 0 aliphatic carbocycles. The smallest absolute Gasteiger partial charge is 0.137 e. The van der Waals surface area contributed by atoms with Gasteiger partial charge in [-0.15, -0.1) is 6.54 Å². The first-order valence-corrected chi connectivity index (χ1v) is 3.47. The van der Waals surface area contributed by atoms with E-state index in [1.54, 1.807) is 6.20 Å². The summed E-state index contributed by atoms with van der Waals surface area (Å²) in [7, 11) is 0. The van der Waals surface area contributed by atoms with E-state index in [4.69, 9.17) is 5.73 Å². The van der Waals surface area contributed by atoms with Crippen LogP contribution in [0.4, 0.5) is 0 Å². The Bertz CT molecular complexity index is 372. The van der Waals surface area contributed by atoms with Crippen LogP contribution in [-0.4, -0.2) is 9.97 Å². The minimum atomic E-state index is 0. The van der Waals surface area contributed by atoms with E-state index in [2.05, 4.69) is 9.97 Å². The molecular formula is C8H8N3Re2-. The third kappa shape index (κ3) is 2.47. The number of H-pyrrole nitrogens is 1. The first kappa shape index (κ1) is 13.0. The summed E-state index contributed by atoms with van der Waals surface area (Å²) >= 11 is 0. The largest absolute Gasteiger partial charge is 0.674 e. The molecule has 2 heterocycles. The number of hydrogen-bond donors (Lipinski definition) is 1. The molecule has 0 saturated heterocycles. The SMILES string of the molecule is [NH-]Cc1c[nH]c2ncccc12.[Re].[Re]. The molecule has 0 atom stereocenters. The molecular weight excluding hydrogens is 511 g/mol. The number of aromatic nitrogens is 2. The minimum Gasteiger partial charge on any atom is -0.674 e. The second kappa shape index (κ2) is 5.65. The molecule has 2 radical (unpaired) electrons. The summed E-state index contributed by atoms with van der Waals surface area (Å²) in [5, 5.41) is 1.06. The van der Waals surface area contributed by atoms with E-state index < -0.39 is 0 Å². The van der Waals surface area contributed by atoms with Gasteiger partial charge in [0.1, 0.15) is 5.65 Å². The van der Waals surface area contributed by atoms with Crippen LogP contribution in [0.2, 0.25) is 0 Å². The number of hydrogen-bond acceptors (Lipinski definition) is 1. The molecule has 0 unspecified atom stereocenters. The molecule has 2 N–H and O–H groups in total. The molecule has 13 heavy (non-hydrogen) atoms. The quantitative estimate of drug-likeness (QED) is 0.618. The van der Waals surface area contributed by atoms with Gasteiger partial charge in [-0.25, -0.2) is 4.98 Å². The van der Waals surface area contributed by atoms with Gasteiger partial charge < -0.3 is 10.7 Å². The number of fused-ring (bicyclic) bond motifs is 1. The fourth-order valence-corrected chi connectivity index (χ4v) is 1.16. The van der Waals surface area contributed by atoms with Gasteiger partial charge in [-0.2, -0.15) is 0 Å². The maximum Gasteiger partial charge on any atom is 0.137 e. The van der Waals surface area contributed by atoms with Crippen molar-refractivity contribution < 1.29 is 40.8 Å². The Kier molecular flexibility index (Phi) is 5.64. The summed E-state index contributed by atoms with van der Waals surface area (Å²) in [5.74, 6) is 0. The van der Waals surface area contributed by atoms with Crippen molar-refractivity contribution in [1.82, 2.24) is 9.97 Å². The number of rotatable bonds is 1. The molecule has 3 nitrogen and oxygen atoms in total. The van der Waals surface area contributed by atoms with Gasteiger partial charge in [-0.1, -0.05) is 0 Å². The molecule has 0 amide bonds. The second-order valence-corrected chi connectivity index (χ2v) is 2.39. The molecule has 0 aliphatic rings. The van der Waals surface area contributed by atoms with Crippen molar-refractivity contribution in [2.24, 2.45) is 0 Å². The average Bonchev–Trinajstić information content (AvgIpc) is 2.47. The van der Waals surface area contributed by atoms with Crippen LogP contribution in [0.15, 0.2) is 24.5 Å². The maximum absolute atomic E-state index is 7.19. The minimum absolute atomic E-state index is 0. The van der Waals surface area contributed by atoms with Crippen LogP contribution in [0.1, 0.15) is 5.56 Å². The van der Waals surface area contributed by atoms with Gasteiger partial charge in [-0.3, -0.25) is 0 Å². The molecule has 2 aromatic rings. The maximum atomic E-state index is 7.19. The van der Waals surface area contributed by atoms with Crippen LogP contribution in [0, 0.1) is 0 Å². The van der Waals surface area contributed by atoms with Crippen molar-refractivity contribution >= 4 is 11.0 Å². The van der Waals surface area contributed by atoms with Gasteiger partial charge in [0.25, 0.3) is 0 Å². The van der Waals surface area contributed by atoms with Crippen LogP contribution >= 0.6 is 0 Å². The zero-order valence-corrected chi connectivity index (χ0v) is 12.2. The van der Waals surface area contributed by atoms with E-state index in [9.17, 15) is 0 Å². The fraction of sp³-hybridized carbons (Fsp3) is 0.125. The van der Waals surface area contributed by atoms with Crippen molar-refractivity contribution in [2.45, 2.75) is 6.54 Å². The summed E-state index contributed by atoms with van der Waals surface area (Å²) in [6.07, 6.45) is 3.58. The van der Waals surface area contributed by atoms with E-state index in [0.717, 1.165) is 16.6 Å². The monoisotopic (exact) mass is 520 g/mol. The van der Waals surface area contributed by atoms with E-state index in [1.807, 2.05) is 18.3 Å². The summed E-state index contributed by atoms with van der Waals surface area (Å²) in [5.41, 5.74) is 9.07. The molecule has 0 aromatic carbocycles. The van der Waals surface area contributed by atoms with Crippen LogP contribution in [0.3, 0.4) is 0 Å². The van der Waals surface area contributed by atoms with Crippen molar-refractivity contribution in [1.29, 1.82) is 0 Å². The normalized spacial score (nSPS) is 9.00. The third-order valence-electron chi connectivity index (χ3n) is 1.73. The molecule has 5 heteroatoms. The summed E-state index contributed by atoms with van der Waals surface area (Å²) in [4.78, 5) is 7.12. The van der Waals surface area contributed by atoms with Gasteiger partial charge in [-0.05, 0) is 17.7 Å². The first-order valence-electron chi connectivity index (χ1n) is 3.47. The predicted molar refractivity (Wildman–Crippen MR) is 44.1 cm³/mol. The molecule has 0 fully saturated rings. The van der Waals surface area contributed by atoms with Gasteiger partial charge in [0.15, 0.2) is 0 Å². The number of nitrogens with zero attached hydrogens (tertiary/aromatic N) is 1. The summed E-state index contributed by atoms with van der Waals surface area (Å²) in [6, 6.07) is 3.86. The molecule has 0 bridgehead atoms. The number of nitrogens with one attached hydrogen (secondary N) is 2. The zero-order valence-electron chi connectivity index (χ0n) is 6.72. The summed E-state index contributed by atoms with van der Waals surface area (Å²) in [6.45, 7) is 0.311. The Hall–Kier alpha value is -0.0253. The van der Waals surface area contributed by atoms with E-state index in [0.29, 0.717) is 6.54 Å². The van der Waals surface area contributed by atoms with E-state index in [-0.39, 0.29) is 40.8 Å². The topological polar surface area (TPSA) is 52.5 Å². The molecule has 0 saturated carbocycles. The molecule has 0 spiro atoms. The van der Waals surface area contributed by atoms with E-state index in [1.165, 1.54) is 0 Å². The van der Waals surface area contributed by atoms with Crippen LogP contribution in [0.25, 0.3) is 16.8 Å². The van der Waals surface area contributed by atoms with Crippen LogP contribution < -0.4 is 0 Å². The van der Waals surface area contributed by atoms with Crippen LogP contribution in [-0.2, 0) is 47.4 Å². The van der Waals surface area contributed by atoms with Crippen molar-refractivity contribution in [3.05, 3.63) is 35.8 Å². The Morgan fingerprint density at radius 2 is 2.15 bits per heavy atom. The van der Waals surface area contributed by atoms with Crippen molar-refractivity contribution in [2.75, 3.05) is 0 Å². The van der Waals surface area contributed by atoms with Gasteiger partial charge >= 0.3 is 0 Å². The van der Waals surface area contributed by atoms with Crippen molar-refractivity contribution in [3.63, 3.8) is 0 Å². The standard InChI is InChI=1S/C8H8N3.2Re/c9-4-6-5-11-8-7(6)2-1-3-10-8;;/h1-3,5,9H,4H2,(H,10,11);;/q-1;;. The Morgan fingerprint density at radius 1 is 1.38 bits per heavy atom.